The zero-order chi connectivity index (χ0) is 42.2. The average Bonchev–Trinajstić information content (AvgIpc) is 3.66. The highest BCUT2D eigenvalue weighted by atomic mass is 16.5. The zero-order valence-electron chi connectivity index (χ0n) is 34.5. The van der Waals surface area contributed by atoms with Crippen molar-refractivity contribution in [2.24, 2.45) is 0 Å². The van der Waals surface area contributed by atoms with Crippen LogP contribution in [0.4, 0.5) is 0 Å². The van der Waals surface area contributed by atoms with Gasteiger partial charge in [0.15, 0.2) is 17.5 Å². The number of hydrogen-bond acceptors (Lipinski definition) is 5. The summed E-state index contributed by atoms with van der Waals surface area (Å²) in [5.74, 6) is 3.54. The smallest absolute Gasteiger partial charge is 0.164 e. The molecule has 0 saturated heterocycles. The van der Waals surface area contributed by atoms with Crippen LogP contribution in [0.25, 0.3) is 89.4 Å². The summed E-state index contributed by atoms with van der Waals surface area (Å²) in [6.07, 6.45) is 0. The second-order valence-corrected chi connectivity index (χ2v) is 16.5. The molecule has 0 unspecified atom stereocenters. The van der Waals surface area contributed by atoms with Crippen molar-refractivity contribution in [3.63, 3.8) is 0 Å². The molecule has 0 saturated carbocycles. The van der Waals surface area contributed by atoms with Crippen LogP contribution >= 0.6 is 0 Å². The summed E-state index contributed by atoms with van der Waals surface area (Å²) in [6.45, 7) is 0. The Morgan fingerprint density at radius 1 is 0.297 bits per heavy atom. The molecule has 1 aliphatic heterocycles. The van der Waals surface area contributed by atoms with Crippen molar-refractivity contribution >= 4 is 21.7 Å². The van der Waals surface area contributed by atoms with Crippen LogP contribution in [-0.2, 0) is 5.41 Å². The van der Waals surface area contributed by atoms with Gasteiger partial charge in [-0.25, -0.2) is 19.9 Å². The number of fused-ring (bicyclic) bond motifs is 12. The molecular weight excluding hydrogens is 781 g/mol. The van der Waals surface area contributed by atoms with E-state index in [-0.39, 0.29) is 0 Å². The Kier molecular flexibility index (Phi) is 8.06. The van der Waals surface area contributed by atoms with Crippen molar-refractivity contribution in [3.05, 3.63) is 241 Å². The SMILES string of the molecule is c1ccc(-c2nc(-c3ccccc3)nc(-c3ccc(-c4ccc5c(c4)Oc4cc6c(-c7ccccc7)nc7ccccc7c6cc4C54c5ccccc5-c5ccccc54)cc3)n2)cc1. The Bertz CT molecular complexity index is 3520. The van der Waals surface area contributed by atoms with Crippen LogP contribution in [0.5, 0.6) is 11.5 Å². The number of aromatic nitrogens is 4. The van der Waals surface area contributed by atoms with Crippen molar-refractivity contribution in [3.8, 4) is 79.2 Å². The topological polar surface area (TPSA) is 60.8 Å². The molecule has 11 aromatic rings. The lowest BCUT2D eigenvalue weighted by Gasteiger charge is -2.40. The van der Waals surface area contributed by atoms with Gasteiger partial charge in [0.2, 0.25) is 0 Å². The highest BCUT2D eigenvalue weighted by Gasteiger charge is 2.51. The minimum atomic E-state index is -0.629. The molecule has 0 amide bonds. The third kappa shape index (κ3) is 5.51. The first kappa shape index (κ1) is 36.1. The molecule has 2 aliphatic rings. The molecule has 2 aromatic heterocycles. The third-order valence-corrected chi connectivity index (χ3v) is 13.0. The normalized spacial score (nSPS) is 12.9. The lowest BCUT2D eigenvalue weighted by atomic mass is 9.65. The zero-order valence-corrected chi connectivity index (χ0v) is 34.5. The fourth-order valence-corrected chi connectivity index (χ4v) is 10.1. The van der Waals surface area contributed by atoms with Gasteiger partial charge < -0.3 is 4.74 Å². The molecule has 298 valence electrons. The van der Waals surface area contributed by atoms with Gasteiger partial charge in [0.05, 0.1) is 16.6 Å². The van der Waals surface area contributed by atoms with Crippen LogP contribution in [0.2, 0.25) is 0 Å². The van der Waals surface area contributed by atoms with E-state index in [1.54, 1.807) is 0 Å². The molecule has 0 N–H and O–H groups in total. The van der Waals surface area contributed by atoms with Crippen molar-refractivity contribution in [2.75, 3.05) is 0 Å². The highest BCUT2D eigenvalue weighted by Crippen LogP contribution is 2.63. The third-order valence-electron chi connectivity index (χ3n) is 13.0. The fourth-order valence-electron chi connectivity index (χ4n) is 10.1. The van der Waals surface area contributed by atoms with Crippen molar-refractivity contribution in [2.45, 2.75) is 5.41 Å². The van der Waals surface area contributed by atoms with E-state index in [0.29, 0.717) is 17.5 Å². The van der Waals surface area contributed by atoms with Crippen molar-refractivity contribution in [1.82, 2.24) is 19.9 Å². The van der Waals surface area contributed by atoms with E-state index in [4.69, 9.17) is 24.7 Å². The van der Waals surface area contributed by atoms with E-state index < -0.39 is 5.41 Å². The Morgan fingerprint density at radius 2 is 0.781 bits per heavy atom. The van der Waals surface area contributed by atoms with Gasteiger partial charge in [-0.1, -0.05) is 194 Å². The number of rotatable bonds is 5. The average molecular weight is 817 g/mol. The lowest BCUT2D eigenvalue weighted by Crippen LogP contribution is -2.32. The van der Waals surface area contributed by atoms with E-state index in [2.05, 4.69) is 158 Å². The molecule has 13 rings (SSSR count). The van der Waals surface area contributed by atoms with Crippen LogP contribution in [0.15, 0.2) is 218 Å². The van der Waals surface area contributed by atoms with Crippen molar-refractivity contribution in [1.29, 1.82) is 0 Å². The minimum Gasteiger partial charge on any atom is -0.457 e. The van der Waals surface area contributed by atoms with Crippen LogP contribution in [0.1, 0.15) is 22.3 Å². The van der Waals surface area contributed by atoms with Gasteiger partial charge in [0, 0.05) is 44.2 Å². The quantitative estimate of drug-likeness (QED) is 0.162. The van der Waals surface area contributed by atoms with E-state index >= 15 is 0 Å². The highest BCUT2D eigenvalue weighted by molar-refractivity contribution is 6.12. The van der Waals surface area contributed by atoms with Gasteiger partial charge in [-0.15, -0.1) is 0 Å². The maximum absolute atomic E-state index is 7.22. The van der Waals surface area contributed by atoms with Gasteiger partial charge in [0.25, 0.3) is 0 Å². The maximum Gasteiger partial charge on any atom is 0.164 e. The second-order valence-electron chi connectivity index (χ2n) is 16.5. The first-order valence-corrected chi connectivity index (χ1v) is 21.6. The molecule has 0 bridgehead atoms. The Hall–Kier alpha value is -8.54. The monoisotopic (exact) mass is 816 g/mol. The number of hydrogen-bond donors (Lipinski definition) is 0. The number of ether oxygens (including phenoxy) is 1. The van der Waals surface area contributed by atoms with Gasteiger partial charge >= 0.3 is 0 Å². The first-order chi connectivity index (χ1) is 31.7. The molecule has 1 aliphatic carbocycles. The number of benzene rings is 9. The number of pyridine rings is 1. The summed E-state index contributed by atoms with van der Waals surface area (Å²) in [5, 5.41) is 3.32. The molecule has 5 nitrogen and oxygen atoms in total. The fraction of sp³-hybridized carbons (Fsp3) is 0.0169. The molecule has 1 spiro atoms. The number of nitrogens with zero attached hydrogens (tertiary/aromatic N) is 4. The van der Waals surface area contributed by atoms with E-state index in [0.717, 1.165) is 83.4 Å². The summed E-state index contributed by atoms with van der Waals surface area (Å²) in [6, 6.07) is 76.8. The van der Waals surface area contributed by atoms with Crippen LogP contribution < -0.4 is 4.74 Å². The summed E-state index contributed by atoms with van der Waals surface area (Å²) in [5.41, 5.74) is 14.5. The van der Waals surface area contributed by atoms with Gasteiger partial charge in [0.1, 0.15) is 11.5 Å². The van der Waals surface area contributed by atoms with Gasteiger partial charge in [-0.05, 0) is 63.0 Å². The minimum absolute atomic E-state index is 0.620. The summed E-state index contributed by atoms with van der Waals surface area (Å²) >= 11 is 0. The van der Waals surface area contributed by atoms with Gasteiger partial charge in [-0.2, -0.15) is 0 Å². The molecule has 3 heterocycles. The predicted molar refractivity (Wildman–Crippen MR) is 257 cm³/mol. The molecule has 0 radical (unpaired) electrons. The molecule has 5 heteroatoms. The summed E-state index contributed by atoms with van der Waals surface area (Å²) in [7, 11) is 0. The van der Waals surface area contributed by atoms with Crippen molar-refractivity contribution < 1.29 is 4.74 Å². The van der Waals surface area contributed by atoms with Crippen LogP contribution in [0.3, 0.4) is 0 Å². The van der Waals surface area contributed by atoms with Crippen LogP contribution in [0, 0.1) is 0 Å². The second kappa shape index (κ2) is 14.3. The Morgan fingerprint density at radius 3 is 1.41 bits per heavy atom. The molecule has 9 aromatic carbocycles. The maximum atomic E-state index is 7.22. The van der Waals surface area contributed by atoms with E-state index in [1.165, 1.54) is 22.3 Å². The molecule has 0 fully saturated rings. The van der Waals surface area contributed by atoms with E-state index in [1.807, 2.05) is 60.7 Å². The first-order valence-electron chi connectivity index (χ1n) is 21.6. The largest absolute Gasteiger partial charge is 0.457 e. The summed E-state index contributed by atoms with van der Waals surface area (Å²) < 4.78 is 7.22. The molecular formula is C59H36N4O. The lowest BCUT2D eigenvalue weighted by molar-refractivity contribution is 0.437. The summed E-state index contributed by atoms with van der Waals surface area (Å²) in [4.78, 5) is 20.1. The van der Waals surface area contributed by atoms with Crippen LogP contribution in [-0.4, -0.2) is 19.9 Å². The standard InChI is InChI=1S/C59H36N4O/c1-4-16-38(17-5-1)55-47-36-54-51(35-46(47)45-24-12-15-27-52(45)60-55)59(48-25-13-10-22-43(48)44-23-11-14-26-49(44)59)50-33-32-42(34-53(50)64-54)37-28-30-41(31-29-37)58-62-56(39-18-6-2-7-19-39)61-57(63-58)40-20-8-3-9-21-40/h1-36H. The van der Waals surface area contributed by atoms with E-state index in [9.17, 15) is 0 Å². The number of para-hydroxylation sites is 1. The Labute approximate surface area is 370 Å². The van der Waals surface area contributed by atoms with Gasteiger partial charge in [-0.3, -0.25) is 0 Å². The molecule has 0 atom stereocenters. The molecule has 64 heavy (non-hydrogen) atoms. The predicted octanol–water partition coefficient (Wildman–Crippen LogP) is 14.4. The Balaban J connectivity index is 0.988.